The number of carbonyl (C=O) groups excluding carboxylic acids is 2. The number of imide groups is 1. The molecule has 0 atom stereocenters. The summed E-state index contributed by atoms with van der Waals surface area (Å²) in [6, 6.07) is 0. The highest BCUT2D eigenvalue weighted by molar-refractivity contribution is 6.55. The Kier molecular flexibility index (Phi) is 3.12. The molecular weight excluding hydrogens is 308 g/mol. The molecule has 0 unspecified atom stereocenters. The monoisotopic (exact) mass is 309 g/mol. The number of benzene rings is 1. The van der Waals surface area contributed by atoms with E-state index < -0.39 is 11.8 Å². The van der Waals surface area contributed by atoms with Crippen molar-refractivity contribution in [1.29, 1.82) is 0 Å². The van der Waals surface area contributed by atoms with Gasteiger partial charge in [0.05, 0.1) is 31.2 Å². The van der Waals surface area contributed by atoms with Gasteiger partial charge in [-0.2, -0.15) is 0 Å². The van der Waals surface area contributed by atoms with Crippen molar-refractivity contribution in [3.63, 3.8) is 0 Å². The van der Waals surface area contributed by atoms with Crippen LogP contribution < -0.4 is 0 Å². The summed E-state index contributed by atoms with van der Waals surface area (Å²) in [4.78, 5) is 24.5. The van der Waals surface area contributed by atoms with Crippen LogP contribution in [0, 0.1) is 0 Å². The predicted octanol–water partition coefficient (Wildman–Crippen LogP) is 4.04. The lowest BCUT2D eigenvalue weighted by Gasteiger charge is -2.06. The Morgan fingerprint density at radius 2 is 1.18 bits per heavy atom. The summed E-state index contributed by atoms with van der Waals surface area (Å²) in [5.74, 6) is -1.24. The lowest BCUT2D eigenvalue weighted by atomic mass is 10.1. The Morgan fingerprint density at radius 3 is 1.47 bits per heavy atom. The second-order valence-corrected chi connectivity index (χ2v) is 4.68. The number of halogens is 4. The van der Waals surface area contributed by atoms with Gasteiger partial charge in [0, 0.05) is 6.20 Å². The third-order valence-electron chi connectivity index (χ3n) is 2.32. The molecule has 88 valence electrons. The topological polar surface area (TPSA) is 37.4 Å². The zero-order valence-electron chi connectivity index (χ0n) is 8.06. The highest BCUT2D eigenvalue weighted by Gasteiger charge is 2.40. The van der Waals surface area contributed by atoms with Gasteiger partial charge in [0.25, 0.3) is 11.8 Å². The van der Waals surface area contributed by atoms with Crippen LogP contribution in [0.25, 0.3) is 0 Å². The standard InChI is InChI=1S/C10H3Cl4NO2/c1-2-15-9(16)3-4(10(15)17)6(12)8(14)7(13)5(3)11/h2H,1H2. The minimum absolute atomic E-state index is 0.0454. The number of amides is 2. The van der Waals surface area contributed by atoms with Gasteiger partial charge < -0.3 is 0 Å². The van der Waals surface area contributed by atoms with Crippen molar-refractivity contribution in [2.75, 3.05) is 0 Å². The Labute approximate surface area is 116 Å². The summed E-state index contributed by atoms with van der Waals surface area (Å²) < 4.78 is 0. The van der Waals surface area contributed by atoms with Crippen LogP contribution in [0.2, 0.25) is 20.1 Å². The fourth-order valence-corrected chi connectivity index (χ4v) is 2.55. The molecule has 0 saturated heterocycles. The van der Waals surface area contributed by atoms with Crippen LogP contribution in [-0.2, 0) is 0 Å². The first-order chi connectivity index (χ1) is 7.91. The summed E-state index contributed by atoms with van der Waals surface area (Å²) >= 11 is 23.4. The molecule has 17 heavy (non-hydrogen) atoms. The van der Waals surface area contributed by atoms with Gasteiger partial charge in [0.1, 0.15) is 0 Å². The lowest BCUT2D eigenvalue weighted by Crippen LogP contribution is -2.23. The van der Waals surface area contributed by atoms with Gasteiger partial charge in [0.15, 0.2) is 0 Å². The van der Waals surface area contributed by atoms with Crippen molar-refractivity contribution in [2.45, 2.75) is 0 Å². The van der Waals surface area contributed by atoms with Gasteiger partial charge in [-0.3, -0.25) is 9.59 Å². The average molecular weight is 311 g/mol. The summed E-state index contributed by atoms with van der Waals surface area (Å²) in [6.07, 6.45) is 1.08. The summed E-state index contributed by atoms with van der Waals surface area (Å²) in [6.45, 7) is 3.36. The van der Waals surface area contributed by atoms with Crippen LogP contribution in [0.1, 0.15) is 20.7 Å². The van der Waals surface area contributed by atoms with E-state index in [0.717, 1.165) is 11.1 Å². The van der Waals surface area contributed by atoms with Crippen LogP contribution in [0.5, 0.6) is 0 Å². The predicted molar refractivity (Wildman–Crippen MR) is 67.2 cm³/mol. The van der Waals surface area contributed by atoms with Crippen molar-refractivity contribution in [1.82, 2.24) is 4.90 Å². The quantitative estimate of drug-likeness (QED) is 0.446. The molecule has 1 aliphatic heterocycles. The molecule has 0 spiro atoms. The molecule has 0 aromatic heterocycles. The number of hydrogen-bond acceptors (Lipinski definition) is 2. The summed E-state index contributed by atoms with van der Waals surface area (Å²) in [7, 11) is 0. The highest BCUT2D eigenvalue weighted by atomic mass is 35.5. The SMILES string of the molecule is C=CN1C(=O)c2c(Cl)c(Cl)c(Cl)c(Cl)c2C1=O. The lowest BCUT2D eigenvalue weighted by molar-refractivity contribution is 0.0722. The van der Waals surface area contributed by atoms with Crippen molar-refractivity contribution in [2.24, 2.45) is 0 Å². The van der Waals surface area contributed by atoms with Crippen LogP contribution in [-0.4, -0.2) is 16.7 Å². The summed E-state index contributed by atoms with van der Waals surface area (Å²) in [5.41, 5.74) is -0.0908. The highest BCUT2D eigenvalue weighted by Crippen LogP contribution is 2.44. The zero-order chi connectivity index (χ0) is 12.9. The third kappa shape index (κ3) is 1.58. The van der Waals surface area contributed by atoms with Gasteiger partial charge in [-0.1, -0.05) is 53.0 Å². The van der Waals surface area contributed by atoms with Gasteiger partial charge in [-0.15, -0.1) is 0 Å². The van der Waals surface area contributed by atoms with E-state index in [2.05, 4.69) is 6.58 Å². The first kappa shape index (κ1) is 12.7. The normalized spacial score (nSPS) is 14.2. The second kappa shape index (κ2) is 4.18. The van der Waals surface area contributed by atoms with Crippen LogP contribution >= 0.6 is 46.4 Å². The number of rotatable bonds is 1. The molecule has 0 bridgehead atoms. The van der Waals surface area contributed by atoms with E-state index in [0.29, 0.717) is 0 Å². The maximum atomic E-state index is 11.9. The molecule has 1 heterocycles. The molecule has 7 heteroatoms. The van der Waals surface area contributed by atoms with E-state index in [1.807, 2.05) is 0 Å². The van der Waals surface area contributed by atoms with Crippen LogP contribution in [0.4, 0.5) is 0 Å². The molecular formula is C10H3Cl4NO2. The Bertz CT molecular complexity index is 535. The molecule has 0 radical (unpaired) electrons. The molecule has 1 aromatic carbocycles. The number of fused-ring (bicyclic) bond motifs is 1. The minimum Gasteiger partial charge on any atom is -0.268 e. The van der Waals surface area contributed by atoms with E-state index in [4.69, 9.17) is 46.4 Å². The molecule has 3 nitrogen and oxygen atoms in total. The van der Waals surface area contributed by atoms with E-state index >= 15 is 0 Å². The van der Waals surface area contributed by atoms with E-state index in [-0.39, 0.29) is 31.2 Å². The fraction of sp³-hybridized carbons (Fsp3) is 0. The Hall–Kier alpha value is -0.740. The molecule has 2 amide bonds. The first-order valence-corrected chi connectivity index (χ1v) is 5.79. The smallest absolute Gasteiger partial charge is 0.267 e. The van der Waals surface area contributed by atoms with E-state index in [9.17, 15) is 9.59 Å². The Balaban J connectivity index is 2.88. The number of carbonyl (C=O) groups is 2. The van der Waals surface area contributed by atoms with E-state index in [1.54, 1.807) is 0 Å². The number of nitrogens with zero attached hydrogens (tertiary/aromatic N) is 1. The van der Waals surface area contributed by atoms with Crippen molar-refractivity contribution >= 4 is 58.2 Å². The minimum atomic E-state index is -0.620. The maximum Gasteiger partial charge on any atom is 0.267 e. The van der Waals surface area contributed by atoms with Gasteiger partial charge >= 0.3 is 0 Å². The largest absolute Gasteiger partial charge is 0.268 e. The molecule has 1 aliphatic rings. The molecule has 0 aliphatic carbocycles. The van der Waals surface area contributed by atoms with Gasteiger partial charge in [-0.05, 0) is 0 Å². The molecule has 0 N–H and O–H groups in total. The third-order valence-corrected chi connectivity index (χ3v) is 4.12. The Morgan fingerprint density at radius 1 is 0.824 bits per heavy atom. The maximum absolute atomic E-state index is 11.9. The molecule has 0 saturated carbocycles. The zero-order valence-corrected chi connectivity index (χ0v) is 11.1. The van der Waals surface area contributed by atoms with Crippen LogP contribution in [0.3, 0.4) is 0 Å². The average Bonchev–Trinajstić information content (AvgIpc) is 2.55. The van der Waals surface area contributed by atoms with Crippen LogP contribution in [0.15, 0.2) is 12.8 Å². The first-order valence-electron chi connectivity index (χ1n) is 4.28. The molecule has 1 aromatic rings. The molecule has 0 fully saturated rings. The summed E-state index contributed by atoms with van der Waals surface area (Å²) in [5, 5.41) is -0.272. The fourth-order valence-electron chi connectivity index (χ4n) is 1.53. The van der Waals surface area contributed by atoms with Gasteiger partial charge in [0.2, 0.25) is 0 Å². The van der Waals surface area contributed by atoms with Gasteiger partial charge in [-0.25, -0.2) is 4.90 Å². The van der Waals surface area contributed by atoms with E-state index in [1.165, 1.54) is 0 Å². The second-order valence-electron chi connectivity index (χ2n) is 3.17. The van der Waals surface area contributed by atoms with Crippen molar-refractivity contribution in [3.05, 3.63) is 44.0 Å². The number of hydrogen-bond donors (Lipinski definition) is 0. The molecule has 2 rings (SSSR count). The van der Waals surface area contributed by atoms with Crippen molar-refractivity contribution < 1.29 is 9.59 Å². The van der Waals surface area contributed by atoms with Crippen molar-refractivity contribution in [3.8, 4) is 0 Å².